The lowest BCUT2D eigenvalue weighted by atomic mass is 10.0. The van der Waals surface area contributed by atoms with Gasteiger partial charge in [0.2, 0.25) is 0 Å². The molecule has 0 aliphatic heterocycles. The number of hydrogen-bond acceptors (Lipinski definition) is 5. The zero-order valence-corrected chi connectivity index (χ0v) is 9.81. The van der Waals surface area contributed by atoms with Crippen molar-refractivity contribution >= 4 is 0 Å². The third-order valence-corrected chi connectivity index (χ3v) is 2.36. The van der Waals surface area contributed by atoms with Crippen LogP contribution in [0.4, 0.5) is 0 Å². The van der Waals surface area contributed by atoms with Gasteiger partial charge in [-0.2, -0.15) is 0 Å². The summed E-state index contributed by atoms with van der Waals surface area (Å²) >= 11 is 0. The van der Waals surface area contributed by atoms with Crippen molar-refractivity contribution in [2.75, 3.05) is 13.7 Å². The monoisotopic (exact) mass is 238 g/mol. The van der Waals surface area contributed by atoms with E-state index in [1.807, 2.05) is 0 Å². The minimum absolute atomic E-state index is 0.0826. The summed E-state index contributed by atoms with van der Waals surface area (Å²) in [6.07, 6.45) is -0.781. The van der Waals surface area contributed by atoms with Crippen LogP contribution in [0.5, 0.6) is 5.75 Å². The molecular formula is C12H18N2O3. The second-order valence-electron chi connectivity index (χ2n) is 3.66. The van der Waals surface area contributed by atoms with Crippen molar-refractivity contribution in [1.82, 2.24) is 5.32 Å². The van der Waals surface area contributed by atoms with Gasteiger partial charge in [-0.1, -0.05) is 12.6 Å². The number of hydrogen-bond donors (Lipinski definition) is 4. The maximum Gasteiger partial charge on any atom is 0.124 e. The van der Waals surface area contributed by atoms with Crippen LogP contribution in [0.2, 0.25) is 0 Å². The molecular weight excluding hydrogens is 220 g/mol. The van der Waals surface area contributed by atoms with Gasteiger partial charge in [0, 0.05) is 12.1 Å². The Morgan fingerprint density at radius 1 is 1.59 bits per heavy atom. The number of ether oxygens (including phenoxy) is 1. The van der Waals surface area contributed by atoms with Gasteiger partial charge in [-0.3, -0.25) is 0 Å². The molecule has 1 aromatic carbocycles. The zero-order chi connectivity index (χ0) is 12.8. The molecule has 0 aliphatic rings. The first-order chi connectivity index (χ1) is 8.08. The van der Waals surface area contributed by atoms with Crippen LogP contribution < -0.4 is 15.8 Å². The lowest BCUT2D eigenvalue weighted by Gasteiger charge is -2.16. The molecule has 0 amide bonds. The summed E-state index contributed by atoms with van der Waals surface area (Å²) in [4.78, 5) is 0. The average molecular weight is 238 g/mol. The first-order valence-corrected chi connectivity index (χ1v) is 5.22. The molecule has 0 radical (unpaired) electrons. The van der Waals surface area contributed by atoms with Crippen LogP contribution in [0.3, 0.4) is 0 Å². The molecule has 94 valence electrons. The van der Waals surface area contributed by atoms with E-state index in [1.54, 1.807) is 18.2 Å². The maximum atomic E-state index is 9.98. The molecule has 1 unspecified atom stereocenters. The molecule has 17 heavy (non-hydrogen) atoms. The molecule has 0 fully saturated rings. The number of nitrogens with one attached hydrogen (secondary N) is 1. The fraction of sp³-hybridized carbons (Fsp3) is 0.333. The Bertz CT molecular complexity index is 393. The van der Waals surface area contributed by atoms with E-state index in [2.05, 4.69) is 11.9 Å². The van der Waals surface area contributed by atoms with Gasteiger partial charge in [0.05, 0.1) is 25.6 Å². The van der Waals surface area contributed by atoms with Gasteiger partial charge in [0.15, 0.2) is 0 Å². The van der Waals surface area contributed by atoms with Gasteiger partial charge >= 0.3 is 0 Å². The first-order valence-electron chi connectivity index (χ1n) is 5.22. The van der Waals surface area contributed by atoms with Crippen molar-refractivity contribution in [3.63, 3.8) is 0 Å². The van der Waals surface area contributed by atoms with Gasteiger partial charge in [-0.05, 0) is 17.7 Å². The fourth-order valence-corrected chi connectivity index (χ4v) is 1.48. The van der Waals surface area contributed by atoms with Gasteiger partial charge in [0.25, 0.3) is 0 Å². The van der Waals surface area contributed by atoms with Crippen LogP contribution in [0.25, 0.3) is 0 Å². The Labute approximate surface area is 101 Å². The minimum Gasteiger partial charge on any atom is -0.496 e. The van der Waals surface area contributed by atoms with Crippen LogP contribution in [-0.4, -0.2) is 23.9 Å². The number of rotatable bonds is 6. The topological polar surface area (TPSA) is 87.7 Å². The normalized spacial score (nSPS) is 11.9. The highest BCUT2D eigenvalue weighted by molar-refractivity contribution is 5.38. The van der Waals surface area contributed by atoms with Gasteiger partial charge in [-0.25, -0.2) is 0 Å². The van der Waals surface area contributed by atoms with E-state index < -0.39 is 6.10 Å². The highest BCUT2D eigenvalue weighted by atomic mass is 16.5. The molecule has 5 N–H and O–H groups in total. The molecule has 0 spiro atoms. The SMILES string of the molecule is C=C(N)NCC(O)c1cc(CO)ccc1OC. The van der Waals surface area contributed by atoms with Crippen LogP contribution in [0.1, 0.15) is 17.2 Å². The predicted octanol–water partition coefficient (Wildman–Crippen LogP) is 0.240. The Kier molecular flexibility index (Phi) is 4.81. The average Bonchev–Trinajstić information content (AvgIpc) is 2.34. The van der Waals surface area contributed by atoms with E-state index in [9.17, 15) is 5.11 Å². The minimum atomic E-state index is -0.781. The van der Waals surface area contributed by atoms with Crippen LogP contribution >= 0.6 is 0 Å². The van der Waals surface area contributed by atoms with Crippen molar-refractivity contribution in [2.24, 2.45) is 5.73 Å². The summed E-state index contributed by atoms with van der Waals surface area (Å²) < 4.78 is 5.15. The van der Waals surface area contributed by atoms with Crippen LogP contribution in [-0.2, 0) is 6.61 Å². The lowest BCUT2D eigenvalue weighted by Crippen LogP contribution is -2.24. The zero-order valence-electron chi connectivity index (χ0n) is 9.81. The van der Waals surface area contributed by atoms with Crippen molar-refractivity contribution in [1.29, 1.82) is 0 Å². The summed E-state index contributed by atoms with van der Waals surface area (Å²) in [7, 11) is 1.53. The van der Waals surface area contributed by atoms with Crippen molar-refractivity contribution in [3.05, 3.63) is 41.7 Å². The molecule has 1 atom stereocenters. The smallest absolute Gasteiger partial charge is 0.124 e. The Morgan fingerprint density at radius 3 is 2.82 bits per heavy atom. The van der Waals surface area contributed by atoms with Crippen molar-refractivity contribution < 1.29 is 14.9 Å². The molecule has 0 saturated heterocycles. The van der Waals surface area contributed by atoms with Crippen LogP contribution in [0, 0.1) is 0 Å². The Morgan fingerprint density at radius 2 is 2.29 bits per heavy atom. The quantitative estimate of drug-likeness (QED) is 0.570. The molecule has 0 heterocycles. The highest BCUT2D eigenvalue weighted by Gasteiger charge is 2.13. The number of aliphatic hydroxyl groups is 2. The summed E-state index contributed by atoms with van der Waals surface area (Å²) in [6.45, 7) is 3.64. The second kappa shape index (κ2) is 6.12. The first kappa shape index (κ1) is 13.3. The van der Waals surface area contributed by atoms with Gasteiger partial charge in [-0.15, -0.1) is 0 Å². The molecule has 1 rings (SSSR count). The summed E-state index contributed by atoms with van der Waals surface area (Å²) in [6, 6.07) is 5.15. The number of aliphatic hydroxyl groups excluding tert-OH is 2. The number of methoxy groups -OCH3 is 1. The van der Waals surface area contributed by atoms with Crippen molar-refractivity contribution in [3.8, 4) is 5.75 Å². The molecule has 5 nitrogen and oxygen atoms in total. The third kappa shape index (κ3) is 3.65. The molecule has 5 heteroatoms. The molecule has 0 saturated carbocycles. The van der Waals surface area contributed by atoms with E-state index in [0.717, 1.165) is 0 Å². The predicted molar refractivity (Wildman–Crippen MR) is 65.2 cm³/mol. The maximum absolute atomic E-state index is 9.98. The Balaban J connectivity index is 2.88. The molecule has 0 bridgehead atoms. The summed E-state index contributed by atoms with van der Waals surface area (Å²) in [5, 5.41) is 21.8. The third-order valence-electron chi connectivity index (χ3n) is 2.36. The van der Waals surface area contributed by atoms with E-state index in [1.165, 1.54) is 7.11 Å². The summed E-state index contributed by atoms with van der Waals surface area (Å²) in [5.74, 6) is 0.862. The second-order valence-corrected chi connectivity index (χ2v) is 3.66. The fourth-order valence-electron chi connectivity index (χ4n) is 1.48. The number of nitrogens with two attached hydrogens (primary N) is 1. The highest BCUT2D eigenvalue weighted by Crippen LogP contribution is 2.26. The van der Waals surface area contributed by atoms with E-state index in [-0.39, 0.29) is 13.2 Å². The van der Waals surface area contributed by atoms with Crippen LogP contribution in [0.15, 0.2) is 30.6 Å². The molecule has 0 aromatic heterocycles. The standard InChI is InChI=1S/C12H18N2O3/c1-8(13)14-6-11(16)10-5-9(7-15)3-4-12(10)17-2/h3-5,11,14-16H,1,6-7,13H2,2H3. The van der Waals surface area contributed by atoms with Crippen molar-refractivity contribution in [2.45, 2.75) is 12.7 Å². The van der Waals surface area contributed by atoms with E-state index in [4.69, 9.17) is 15.6 Å². The molecule has 1 aromatic rings. The van der Waals surface area contributed by atoms with E-state index in [0.29, 0.717) is 22.7 Å². The summed E-state index contributed by atoms with van der Waals surface area (Å²) in [5.41, 5.74) is 6.68. The van der Waals surface area contributed by atoms with Gasteiger partial charge in [0.1, 0.15) is 5.75 Å². The van der Waals surface area contributed by atoms with E-state index >= 15 is 0 Å². The largest absolute Gasteiger partial charge is 0.496 e. The van der Waals surface area contributed by atoms with Gasteiger partial charge < -0.3 is 26.0 Å². The lowest BCUT2D eigenvalue weighted by molar-refractivity contribution is 0.173. The Hall–Kier alpha value is -1.72. The molecule has 0 aliphatic carbocycles. The number of benzene rings is 1.